The van der Waals surface area contributed by atoms with Crippen LogP contribution < -0.4 is 4.74 Å². The maximum absolute atomic E-state index is 12.8. The minimum atomic E-state index is -1.61. The zero-order chi connectivity index (χ0) is 20.9. The molecule has 0 aliphatic heterocycles. The molecule has 2 aliphatic carbocycles. The van der Waals surface area contributed by atoms with E-state index < -0.39 is 28.7 Å². The molecule has 1 N–H and O–H groups in total. The summed E-state index contributed by atoms with van der Waals surface area (Å²) in [6, 6.07) is 3.87. The number of esters is 2. The predicted molar refractivity (Wildman–Crippen MR) is 102 cm³/mol. The lowest BCUT2D eigenvalue weighted by Gasteiger charge is -2.26. The van der Waals surface area contributed by atoms with Crippen molar-refractivity contribution in [3.8, 4) is 5.75 Å². The summed E-state index contributed by atoms with van der Waals surface area (Å²) in [5.74, 6) is -2.08. The molecule has 2 saturated carbocycles. The lowest BCUT2D eigenvalue weighted by molar-refractivity contribution is -0.169. The van der Waals surface area contributed by atoms with Crippen LogP contribution in [0, 0.1) is 37.5 Å². The van der Waals surface area contributed by atoms with Crippen LogP contribution in [0.15, 0.2) is 24.3 Å². The molecule has 28 heavy (non-hydrogen) atoms. The summed E-state index contributed by atoms with van der Waals surface area (Å²) in [6.45, 7) is 11.4. The Morgan fingerprint density at radius 2 is 1.79 bits per heavy atom. The van der Waals surface area contributed by atoms with Crippen molar-refractivity contribution in [2.45, 2.75) is 47.0 Å². The molecule has 0 amide bonds. The summed E-state index contributed by atoms with van der Waals surface area (Å²) in [4.78, 5) is 37.1. The lowest BCUT2D eigenvalue weighted by atomic mass is 9.79. The van der Waals surface area contributed by atoms with Crippen LogP contribution in [0.3, 0.4) is 0 Å². The Morgan fingerprint density at radius 3 is 2.32 bits per heavy atom. The van der Waals surface area contributed by atoms with Crippen LogP contribution in [0.2, 0.25) is 0 Å². The van der Waals surface area contributed by atoms with E-state index in [1.165, 1.54) is 0 Å². The fraction of sp³-hybridized carbons (Fsp3) is 0.500. The molecule has 2 aliphatic rings. The molecule has 3 rings (SSSR count). The van der Waals surface area contributed by atoms with Gasteiger partial charge in [-0.05, 0) is 64.0 Å². The molecule has 2 fully saturated rings. The molecule has 6 nitrogen and oxygen atoms in total. The second-order valence-electron chi connectivity index (χ2n) is 8.14. The smallest absolute Gasteiger partial charge is 0.339 e. The number of rotatable bonds is 6. The van der Waals surface area contributed by atoms with Crippen molar-refractivity contribution in [1.82, 2.24) is 0 Å². The lowest BCUT2D eigenvalue weighted by Crippen LogP contribution is -2.40. The van der Waals surface area contributed by atoms with Crippen molar-refractivity contribution in [2.75, 3.05) is 6.61 Å². The highest BCUT2D eigenvalue weighted by Gasteiger charge is 2.72. The molecule has 150 valence electrons. The molecule has 3 atom stereocenters. The van der Waals surface area contributed by atoms with Crippen molar-refractivity contribution in [3.05, 3.63) is 41.0 Å². The molecule has 1 aromatic rings. The first kappa shape index (κ1) is 20.1. The van der Waals surface area contributed by atoms with Gasteiger partial charge in [-0.15, -0.1) is 0 Å². The van der Waals surface area contributed by atoms with Crippen molar-refractivity contribution >= 4 is 17.9 Å². The molecule has 3 unspecified atom stereocenters. The third-order valence-corrected chi connectivity index (χ3v) is 6.17. The third-order valence-electron chi connectivity index (χ3n) is 6.17. The predicted octanol–water partition coefficient (Wildman–Crippen LogP) is 3.51. The Hall–Kier alpha value is -2.63. The second kappa shape index (κ2) is 6.76. The largest absolute Gasteiger partial charge is 0.480 e. The number of carboxylic acids is 1. The van der Waals surface area contributed by atoms with Gasteiger partial charge in [0.2, 0.25) is 0 Å². The number of benzene rings is 1. The van der Waals surface area contributed by atoms with Gasteiger partial charge in [-0.1, -0.05) is 24.3 Å². The van der Waals surface area contributed by atoms with Gasteiger partial charge in [0.05, 0.1) is 6.61 Å². The Kier molecular flexibility index (Phi) is 4.86. The average Bonchev–Trinajstić information content (AvgIpc) is 3.19. The average molecular weight is 386 g/mol. The van der Waals surface area contributed by atoms with Crippen molar-refractivity contribution < 1.29 is 29.0 Å². The Balaban J connectivity index is 1.81. The van der Waals surface area contributed by atoms with E-state index >= 15 is 0 Å². The maximum Gasteiger partial charge on any atom is 0.339 e. The minimum Gasteiger partial charge on any atom is -0.480 e. The van der Waals surface area contributed by atoms with Gasteiger partial charge in [-0.25, -0.2) is 4.79 Å². The fourth-order valence-electron chi connectivity index (χ4n) is 4.73. The van der Waals surface area contributed by atoms with E-state index in [9.17, 15) is 19.5 Å². The van der Waals surface area contributed by atoms with Gasteiger partial charge in [-0.3, -0.25) is 9.59 Å². The first-order chi connectivity index (χ1) is 13.1. The van der Waals surface area contributed by atoms with Gasteiger partial charge in [-0.2, -0.15) is 0 Å². The number of carboxylic acid groups (broad SMARTS) is 1. The molecule has 0 spiro atoms. The van der Waals surface area contributed by atoms with Gasteiger partial charge < -0.3 is 14.6 Å². The molecule has 0 bridgehead atoms. The number of aryl methyl sites for hydroxylation is 3. The second-order valence-corrected chi connectivity index (χ2v) is 8.14. The summed E-state index contributed by atoms with van der Waals surface area (Å²) in [7, 11) is 0. The highest BCUT2D eigenvalue weighted by Crippen LogP contribution is 2.72. The fourth-order valence-corrected chi connectivity index (χ4v) is 4.73. The Morgan fingerprint density at radius 1 is 1.18 bits per heavy atom. The van der Waals surface area contributed by atoms with Crippen molar-refractivity contribution in [1.29, 1.82) is 0 Å². The van der Waals surface area contributed by atoms with Gasteiger partial charge in [0.1, 0.15) is 5.75 Å². The number of ether oxygens (including phenoxy) is 2. The molecule has 0 saturated heterocycles. The van der Waals surface area contributed by atoms with Crippen LogP contribution in [0.25, 0.3) is 0 Å². The standard InChI is InChI=1S/C22H26O6/c1-6-27-20(26)22(19(24)25)10-16-9-21(16,11-22)15(5)18(23)28-17-13(3)7-12(2)8-14(17)4/h7-8,16H,5-6,9-11H2,1-4H3,(H,24,25). The quantitative estimate of drug-likeness (QED) is 0.348. The molecule has 0 heterocycles. The summed E-state index contributed by atoms with van der Waals surface area (Å²) >= 11 is 0. The molecular formula is C22H26O6. The van der Waals surface area contributed by atoms with Gasteiger partial charge in [0.15, 0.2) is 5.41 Å². The van der Waals surface area contributed by atoms with E-state index in [1.807, 2.05) is 32.9 Å². The van der Waals surface area contributed by atoms with Crippen LogP contribution >= 0.6 is 0 Å². The molecule has 0 radical (unpaired) electrons. The number of hydrogen-bond donors (Lipinski definition) is 1. The number of hydrogen-bond acceptors (Lipinski definition) is 5. The first-order valence-corrected chi connectivity index (χ1v) is 9.47. The van der Waals surface area contributed by atoms with Gasteiger partial charge in [0.25, 0.3) is 0 Å². The molecule has 1 aromatic carbocycles. The monoisotopic (exact) mass is 386 g/mol. The number of fused-ring (bicyclic) bond motifs is 1. The molecule has 0 aromatic heterocycles. The Labute approximate surface area is 164 Å². The maximum atomic E-state index is 12.8. The molecular weight excluding hydrogens is 360 g/mol. The van der Waals surface area contributed by atoms with Crippen LogP contribution in [0.4, 0.5) is 0 Å². The third kappa shape index (κ3) is 3.01. The van der Waals surface area contributed by atoms with Crippen LogP contribution in [0.5, 0.6) is 5.75 Å². The van der Waals surface area contributed by atoms with Gasteiger partial charge >= 0.3 is 17.9 Å². The number of carbonyl (C=O) groups is 3. The minimum absolute atomic E-state index is 0.0264. The summed E-state index contributed by atoms with van der Waals surface area (Å²) < 4.78 is 10.6. The van der Waals surface area contributed by atoms with Crippen LogP contribution in [0.1, 0.15) is 42.9 Å². The van der Waals surface area contributed by atoms with E-state index in [4.69, 9.17) is 9.47 Å². The van der Waals surface area contributed by atoms with E-state index in [1.54, 1.807) is 6.92 Å². The van der Waals surface area contributed by atoms with Crippen molar-refractivity contribution in [3.63, 3.8) is 0 Å². The van der Waals surface area contributed by atoms with E-state index in [2.05, 4.69) is 6.58 Å². The molecule has 6 heteroatoms. The summed E-state index contributed by atoms with van der Waals surface area (Å²) in [5, 5.41) is 9.72. The SMILES string of the molecule is C=C(C(=O)Oc1c(C)cc(C)cc1C)C12CC1CC(C(=O)O)(C(=O)OCC)C2. The Bertz CT molecular complexity index is 862. The van der Waals surface area contributed by atoms with Crippen molar-refractivity contribution in [2.24, 2.45) is 16.7 Å². The number of carbonyl (C=O) groups excluding carboxylic acids is 2. The van der Waals surface area contributed by atoms with E-state index in [-0.39, 0.29) is 30.9 Å². The van der Waals surface area contributed by atoms with Crippen LogP contribution in [-0.2, 0) is 19.1 Å². The summed E-state index contributed by atoms with van der Waals surface area (Å²) in [6.07, 6.45) is 0.829. The normalized spacial score (nSPS) is 27.6. The van der Waals surface area contributed by atoms with Crippen LogP contribution in [-0.4, -0.2) is 29.6 Å². The first-order valence-electron chi connectivity index (χ1n) is 9.47. The number of aliphatic carboxylic acids is 1. The van der Waals surface area contributed by atoms with E-state index in [0.717, 1.165) is 16.7 Å². The van der Waals surface area contributed by atoms with E-state index in [0.29, 0.717) is 12.2 Å². The zero-order valence-electron chi connectivity index (χ0n) is 16.8. The topological polar surface area (TPSA) is 89.9 Å². The summed E-state index contributed by atoms with van der Waals surface area (Å²) in [5.41, 5.74) is 0.699. The highest BCUT2D eigenvalue weighted by atomic mass is 16.5. The van der Waals surface area contributed by atoms with Gasteiger partial charge in [0, 0.05) is 11.0 Å². The highest BCUT2D eigenvalue weighted by molar-refractivity contribution is 6.01. The zero-order valence-corrected chi connectivity index (χ0v) is 16.8.